The third-order valence-electron chi connectivity index (χ3n) is 5.83. The average molecular weight is 463 g/mol. The Kier molecular flexibility index (Phi) is 7.86. The SMILES string of the molecule is CCN1CCN(c2ccc(S(=O)(=O)N(CC)CC)cc2NC(=O)c2ccc(F)cc2)CC1. The number of carbonyl (C=O) groups excluding carboxylic acids is 1. The molecular weight excluding hydrogens is 431 g/mol. The smallest absolute Gasteiger partial charge is 0.255 e. The first-order valence-electron chi connectivity index (χ1n) is 11.0. The van der Waals surface area contributed by atoms with Crippen LogP contribution in [-0.4, -0.2) is 69.3 Å². The van der Waals surface area contributed by atoms with Crippen LogP contribution in [0, 0.1) is 5.82 Å². The number of halogens is 1. The van der Waals surface area contributed by atoms with Crippen LogP contribution in [0.15, 0.2) is 47.4 Å². The van der Waals surface area contributed by atoms with Crippen LogP contribution in [0.1, 0.15) is 31.1 Å². The van der Waals surface area contributed by atoms with Gasteiger partial charge in [0.1, 0.15) is 5.82 Å². The summed E-state index contributed by atoms with van der Waals surface area (Å²) in [5.41, 5.74) is 1.50. The van der Waals surface area contributed by atoms with Crippen molar-refractivity contribution in [2.75, 3.05) is 56.0 Å². The fourth-order valence-electron chi connectivity index (χ4n) is 3.86. The van der Waals surface area contributed by atoms with Crippen molar-refractivity contribution in [2.24, 2.45) is 0 Å². The van der Waals surface area contributed by atoms with Crippen molar-refractivity contribution in [1.29, 1.82) is 0 Å². The van der Waals surface area contributed by atoms with E-state index in [-0.39, 0.29) is 4.90 Å². The van der Waals surface area contributed by atoms with E-state index in [0.29, 0.717) is 24.3 Å². The van der Waals surface area contributed by atoms with E-state index in [1.54, 1.807) is 26.0 Å². The Bertz CT molecular complexity index is 1030. The van der Waals surface area contributed by atoms with Gasteiger partial charge in [-0.05, 0) is 49.0 Å². The molecule has 7 nitrogen and oxygen atoms in total. The molecule has 9 heteroatoms. The zero-order valence-corrected chi connectivity index (χ0v) is 19.7. The summed E-state index contributed by atoms with van der Waals surface area (Å²) in [6.07, 6.45) is 0. The second-order valence-electron chi connectivity index (χ2n) is 7.65. The van der Waals surface area contributed by atoms with E-state index < -0.39 is 21.7 Å². The molecule has 0 saturated carbocycles. The average Bonchev–Trinajstić information content (AvgIpc) is 2.80. The fourth-order valence-corrected chi connectivity index (χ4v) is 5.35. The molecule has 1 amide bonds. The van der Waals surface area contributed by atoms with Crippen molar-refractivity contribution in [2.45, 2.75) is 25.7 Å². The van der Waals surface area contributed by atoms with Crippen molar-refractivity contribution < 1.29 is 17.6 Å². The predicted octanol–water partition coefficient (Wildman–Crippen LogP) is 3.25. The van der Waals surface area contributed by atoms with Gasteiger partial charge in [-0.25, -0.2) is 12.8 Å². The summed E-state index contributed by atoms with van der Waals surface area (Å²) in [7, 11) is -3.68. The lowest BCUT2D eigenvalue weighted by molar-refractivity contribution is 0.102. The number of likely N-dealkylation sites (N-methyl/N-ethyl adjacent to an activating group) is 1. The standard InChI is InChI=1S/C23H31FN4O3S/c1-4-26-13-15-27(16-14-26)22-12-11-20(32(30,31)28(5-2)6-3)17-21(22)25-23(29)18-7-9-19(24)10-8-18/h7-12,17H,4-6,13-16H2,1-3H3,(H,25,29). The summed E-state index contributed by atoms with van der Waals surface area (Å²) in [6, 6.07) is 10.1. The first-order chi connectivity index (χ1) is 15.3. The molecule has 32 heavy (non-hydrogen) atoms. The van der Waals surface area contributed by atoms with Crippen LogP contribution in [0.4, 0.5) is 15.8 Å². The second kappa shape index (κ2) is 10.4. The zero-order chi connectivity index (χ0) is 23.3. The third kappa shape index (κ3) is 5.28. The fraction of sp³-hybridized carbons (Fsp3) is 0.435. The summed E-state index contributed by atoms with van der Waals surface area (Å²) < 4.78 is 40.8. The van der Waals surface area contributed by atoms with E-state index >= 15 is 0 Å². The quantitative estimate of drug-likeness (QED) is 0.652. The molecule has 0 unspecified atom stereocenters. The topological polar surface area (TPSA) is 73.0 Å². The molecule has 0 aromatic heterocycles. The molecule has 0 aliphatic carbocycles. The molecule has 0 bridgehead atoms. The van der Waals surface area contributed by atoms with Gasteiger partial charge in [0.05, 0.1) is 16.3 Å². The summed E-state index contributed by atoms with van der Waals surface area (Å²) in [5, 5.41) is 2.86. The molecule has 1 N–H and O–H groups in total. The summed E-state index contributed by atoms with van der Waals surface area (Å²) in [4.78, 5) is 17.5. The largest absolute Gasteiger partial charge is 0.367 e. The normalized spacial score (nSPS) is 15.2. The maximum absolute atomic E-state index is 13.3. The number of nitrogens with zero attached hydrogens (tertiary/aromatic N) is 3. The zero-order valence-electron chi connectivity index (χ0n) is 18.8. The molecule has 2 aromatic rings. The molecular formula is C23H31FN4O3S. The van der Waals surface area contributed by atoms with Crippen molar-refractivity contribution in [3.8, 4) is 0 Å². The minimum atomic E-state index is -3.68. The first kappa shape index (κ1) is 24.2. The molecule has 3 rings (SSSR count). The monoisotopic (exact) mass is 462 g/mol. The van der Waals surface area contributed by atoms with Gasteiger partial charge in [0.2, 0.25) is 10.0 Å². The Morgan fingerprint density at radius 1 is 1.00 bits per heavy atom. The number of anilines is 2. The second-order valence-corrected chi connectivity index (χ2v) is 9.59. The summed E-state index contributed by atoms with van der Waals surface area (Å²) in [5.74, 6) is -0.848. The number of hydrogen-bond donors (Lipinski definition) is 1. The molecule has 2 aromatic carbocycles. The molecule has 0 atom stereocenters. The first-order valence-corrected chi connectivity index (χ1v) is 12.4. The van der Waals surface area contributed by atoms with Crippen LogP contribution in [0.2, 0.25) is 0 Å². The number of nitrogens with one attached hydrogen (secondary N) is 1. The maximum Gasteiger partial charge on any atom is 0.255 e. The van der Waals surface area contributed by atoms with E-state index in [4.69, 9.17) is 0 Å². The number of piperazine rings is 1. The molecule has 0 radical (unpaired) electrons. The van der Waals surface area contributed by atoms with Gasteiger partial charge < -0.3 is 15.1 Å². The predicted molar refractivity (Wildman–Crippen MR) is 125 cm³/mol. The number of rotatable bonds is 8. The Labute approximate surface area is 189 Å². The number of benzene rings is 2. The molecule has 1 aliphatic heterocycles. The molecule has 1 aliphatic rings. The highest BCUT2D eigenvalue weighted by Gasteiger charge is 2.25. The Morgan fingerprint density at radius 2 is 1.62 bits per heavy atom. The van der Waals surface area contributed by atoms with Gasteiger partial charge >= 0.3 is 0 Å². The minimum Gasteiger partial charge on any atom is -0.367 e. The number of carbonyl (C=O) groups is 1. The third-order valence-corrected chi connectivity index (χ3v) is 7.87. The van der Waals surface area contributed by atoms with Crippen LogP contribution < -0.4 is 10.2 Å². The van der Waals surface area contributed by atoms with Crippen LogP contribution in [0.25, 0.3) is 0 Å². The van der Waals surface area contributed by atoms with Gasteiger partial charge in [0, 0.05) is 44.8 Å². The lowest BCUT2D eigenvalue weighted by Gasteiger charge is -2.36. The number of amides is 1. The molecule has 0 spiro atoms. The summed E-state index contributed by atoms with van der Waals surface area (Å²) in [6.45, 7) is 10.7. The number of sulfonamides is 1. The molecule has 1 saturated heterocycles. The van der Waals surface area contributed by atoms with E-state index in [1.807, 2.05) is 0 Å². The number of hydrogen-bond acceptors (Lipinski definition) is 5. The van der Waals surface area contributed by atoms with Crippen LogP contribution in [0.3, 0.4) is 0 Å². The molecule has 1 fully saturated rings. The summed E-state index contributed by atoms with van der Waals surface area (Å²) >= 11 is 0. The van der Waals surface area contributed by atoms with Gasteiger partial charge in [-0.3, -0.25) is 4.79 Å². The van der Waals surface area contributed by atoms with E-state index in [1.165, 1.54) is 34.6 Å². The van der Waals surface area contributed by atoms with Crippen LogP contribution >= 0.6 is 0 Å². The van der Waals surface area contributed by atoms with Crippen LogP contribution in [0.5, 0.6) is 0 Å². The Hall–Kier alpha value is -2.49. The van der Waals surface area contributed by atoms with Gasteiger partial charge in [-0.1, -0.05) is 20.8 Å². The van der Waals surface area contributed by atoms with Crippen molar-refractivity contribution >= 4 is 27.3 Å². The van der Waals surface area contributed by atoms with Crippen molar-refractivity contribution in [1.82, 2.24) is 9.21 Å². The van der Waals surface area contributed by atoms with Gasteiger partial charge in [0.25, 0.3) is 5.91 Å². The minimum absolute atomic E-state index is 0.131. The van der Waals surface area contributed by atoms with Crippen molar-refractivity contribution in [3.05, 3.63) is 53.8 Å². The lowest BCUT2D eigenvalue weighted by Crippen LogP contribution is -2.46. The van der Waals surface area contributed by atoms with Crippen LogP contribution in [-0.2, 0) is 10.0 Å². The lowest BCUT2D eigenvalue weighted by atomic mass is 10.1. The van der Waals surface area contributed by atoms with E-state index in [2.05, 4.69) is 22.0 Å². The van der Waals surface area contributed by atoms with Gasteiger partial charge in [-0.2, -0.15) is 4.31 Å². The Morgan fingerprint density at radius 3 is 2.19 bits per heavy atom. The van der Waals surface area contributed by atoms with Crippen molar-refractivity contribution in [3.63, 3.8) is 0 Å². The van der Waals surface area contributed by atoms with E-state index in [0.717, 1.165) is 38.4 Å². The van der Waals surface area contributed by atoms with E-state index in [9.17, 15) is 17.6 Å². The van der Waals surface area contributed by atoms with Gasteiger partial charge in [0.15, 0.2) is 0 Å². The molecule has 174 valence electrons. The highest BCUT2D eigenvalue weighted by Crippen LogP contribution is 2.31. The maximum atomic E-state index is 13.3. The molecule has 1 heterocycles. The highest BCUT2D eigenvalue weighted by molar-refractivity contribution is 7.89. The Balaban J connectivity index is 1.97. The highest BCUT2D eigenvalue weighted by atomic mass is 32.2. The van der Waals surface area contributed by atoms with Gasteiger partial charge in [-0.15, -0.1) is 0 Å².